The van der Waals surface area contributed by atoms with Crippen LogP contribution in [0.25, 0.3) is 6.08 Å². The lowest BCUT2D eigenvalue weighted by atomic mass is 10.1. The predicted octanol–water partition coefficient (Wildman–Crippen LogP) is 4.48. The Morgan fingerprint density at radius 3 is 2.63 bits per heavy atom. The zero-order valence-electron chi connectivity index (χ0n) is 16.6. The molecule has 30 heavy (non-hydrogen) atoms. The molecule has 0 saturated carbocycles. The van der Waals surface area contributed by atoms with E-state index in [4.69, 9.17) is 13.9 Å². The van der Waals surface area contributed by atoms with Crippen LogP contribution >= 0.6 is 0 Å². The van der Waals surface area contributed by atoms with Gasteiger partial charge in [-0.2, -0.15) is 5.26 Å². The van der Waals surface area contributed by atoms with E-state index < -0.39 is 5.91 Å². The van der Waals surface area contributed by atoms with Crippen LogP contribution in [0.5, 0.6) is 11.5 Å². The van der Waals surface area contributed by atoms with Gasteiger partial charge in [-0.1, -0.05) is 36.4 Å². The van der Waals surface area contributed by atoms with E-state index in [9.17, 15) is 10.1 Å². The minimum Gasteiger partial charge on any atom is -0.490 e. The summed E-state index contributed by atoms with van der Waals surface area (Å²) in [5.41, 5.74) is 1.70. The highest BCUT2D eigenvalue weighted by Crippen LogP contribution is 2.30. The van der Waals surface area contributed by atoms with Gasteiger partial charge in [0.2, 0.25) is 0 Å². The van der Waals surface area contributed by atoms with Crippen molar-refractivity contribution in [3.8, 4) is 17.6 Å². The SMILES string of the molecule is CCOc1cc(/C=C(\C#N)C(=O)NCc2ccco2)ccc1OCc1ccccc1. The summed E-state index contributed by atoms with van der Waals surface area (Å²) in [6, 6.07) is 20.6. The monoisotopic (exact) mass is 402 g/mol. The fourth-order valence-corrected chi connectivity index (χ4v) is 2.73. The minimum absolute atomic E-state index is 0.0121. The summed E-state index contributed by atoms with van der Waals surface area (Å²) >= 11 is 0. The van der Waals surface area contributed by atoms with E-state index in [-0.39, 0.29) is 12.1 Å². The number of amides is 1. The maximum Gasteiger partial charge on any atom is 0.262 e. The van der Waals surface area contributed by atoms with Gasteiger partial charge in [0.1, 0.15) is 24.0 Å². The number of nitrogens with zero attached hydrogens (tertiary/aromatic N) is 1. The summed E-state index contributed by atoms with van der Waals surface area (Å²) in [4.78, 5) is 12.3. The van der Waals surface area contributed by atoms with Crippen LogP contribution in [0.3, 0.4) is 0 Å². The van der Waals surface area contributed by atoms with Gasteiger partial charge in [-0.25, -0.2) is 0 Å². The van der Waals surface area contributed by atoms with Crippen molar-refractivity contribution < 1.29 is 18.7 Å². The molecule has 0 bridgehead atoms. The number of nitriles is 1. The molecule has 0 aliphatic carbocycles. The largest absolute Gasteiger partial charge is 0.490 e. The molecule has 1 amide bonds. The molecule has 1 N–H and O–H groups in total. The number of furan rings is 1. The molecule has 152 valence electrons. The van der Waals surface area contributed by atoms with E-state index in [2.05, 4.69) is 5.32 Å². The number of hydrogen-bond donors (Lipinski definition) is 1. The highest BCUT2D eigenvalue weighted by Gasteiger charge is 2.11. The first-order chi connectivity index (χ1) is 14.7. The third-order valence-corrected chi connectivity index (χ3v) is 4.18. The van der Waals surface area contributed by atoms with Crippen LogP contribution < -0.4 is 14.8 Å². The molecule has 6 heteroatoms. The van der Waals surface area contributed by atoms with Crippen molar-refractivity contribution in [2.75, 3.05) is 6.61 Å². The van der Waals surface area contributed by atoms with Crippen molar-refractivity contribution in [2.45, 2.75) is 20.1 Å². The smallest absolute Gasteiger partial charge is 0.262 e. The van der Waals surface area contributed by atoms with Crippen molar-refractivity contribution in [3.63, 3.8) is 0 Å². The molecule has 1 aromatic heterocycles. The topological polar surface area (TPSA) is 84.5 Å². The molecule has 0 aliphatic heterocycles. The molecule has 1 heterocycles. The highest BCUT2D eigenvalue weighted by atomic mass is 16.5. The Bertz CT molecular complexity index is 1030. The van der Waals surface area contributed by atoms with Gasteiger partial charge in [-0.3, -0.25) is 4.79 Å². The Balaban J connectivity index is 1.72. The van der Waals surface area contributed by atoms with Gasteiger partial charge in [0.15, 0.2) is 11.5 Å². The van der Waals surface area contributed by atoms with Gasteiger partial charge >= 0.3 is 0 Å². The normalized spacial score (nSPS) is 10.9. The first-order valence-electron chi connectivity index (χ1n) is 9.55. The summed E-state index contributed by atoms with van der Waals surface area (Å²) < 4.78 is 16.8. The molecule has 3 rings (SSSR count). The van der Waals surface area contributed by atoms with Gasteiger partial charge in [0.25, 0.3) is 5.91 Å². The molecule has 0 saturated heterocycles. The maximum atomic E-state index is 12.3. The van der Waals surface area contributed by atoms with Crippen molar-refractivity contribution in [2.24, 2.45) is 0 Å². The number of rotatable bonds is 9. The quantitative estimate of drug-likeness (QED) is 0.421. The Hall–Kier alpha value is -3.98. The Kier molecular flexibility index (Phi) is 7.28. The predicted molar refractivity (Wildman–Crippen MR) is 113 cm³/mol. The maximum absolute atomic E-state index is 12.3. The third kappa shape index (κ3) is 5.76. The highest BCUT2D eigenvalue weighted by molar-refractivity contribution is 6.01. The van der Waals surface area contributed by atoms with Crippen LogP contribution in [-0.4, -0.2) is 12.5 Å². The van der Waals surface area contributed by atoms with Gasteiger partial charge in [0.05, 0.1) is 19.4 Å². The molecular weight excluding hydrogens is 380 g/mol. The lowest BCUT2D eigenvalue weighted by molar-refractivity contribution is -0.117. The lowest BCUT2D eigenvalue weighted by Gasteiger charge is -2.13. The standard InChI is InChI=1S/C24H22N2O4/c1-2-28-23-14-19(10-11-22(23)30-17-18-7-4-3-5-8-18)13-20(15-25)24(27)26-16-21-9-6-12-29-21/h3-14H,2,16-17H2,1H3,(H,26,27)/b20-13+. The zero-order chi connectivity index (χ0) is 21.2. The molecule has 0 radical (unpaired) electrons. The van der Waals surface area contributed by atoms with Gasteiger partial charge in [-0.15, -0.1) is 0 Å². The molecule has 2 aromatic carbocycles. The van der Waals surface area contributed by atoms with E-state index in [1.165, 1.54) is 12.3 Å². The summed E-state index contributed by atoms with van der Waals surface area (Å²) in [6.45, 7) is 2.96. The molecule has 0 fully saturated rings. The van der Waals surface area contributed by atoms with Crippen molar-refractivity contribution in [3.05, 3.63) is 89.4 Å². The lowest BCUT2D eigenvalue weighted by Crippen LogP contribution is -2.23. The molecule has 3 aromatic rings. The van der Waals surface area contributed by atoms with Gasteiger partial charge in [0, 0.05) is 0 Å². The van der Waals surface area contributed by atoms with Crippen LogP contribution in [0.15, 0.2) is 76.9 Å². The first-order valence-corrected chi connectivity index (χ1v) is 9.55. The van der Waals surface area contributed by atoms with Crippen molar-refractivity contribution in [1.82, 2.24) is 5.32 Å². The number of ether oxygens (including phenoxy) is 2. The van der Waals surface area contributed by atoms with E-state index in [0.717, 1.165) is 5.56 Å². The van der Waals surface area contributed by atoms with Crippen LogP contribution in [0.2, 0.25) is 0 Å². The number of nitrogens with one attached hydrogen (secondary N) is 1. The minimum atomic E-state index is -0.476. The number of carbonyl (C=O) groups is 1. The number of carbonyl (C=O) groups excluding carboxylic acids is 1. The summed E-state index contributed by atoms with van der Waals surface area (Å²) in [6.07, 6.45) is 3.04. The van der Waals surface area contributed by atoms with Crippen LogP contribution in [0.1, 0.15) is 23.8 Å². The Morgan fingerprint density at radius 2 is 1.93 bits per heavy atom. The van der Waals surface area contributed by atoms with E-state index in [0.29, 0.717) is 36.0 Å². The first kappa shape index (κ1) is 20.7. The molecule has 6 nitrogen and oxygen atoms in total. The van der Waals surface area contributed by atoms with Gasteiger partial charge in [-0.05, 0) is 48.4 Å². The summed E-state index contributed by atoms with van der Waals surface area (Å²) in [5, 5.41) is 12.1. The summed E-state index contributed by atoms with van der Waals surface area (Å²) in [7, 11) is 0. The average Bonchev–Trinajstić information content (AvgIpc) is 3.30. The molecule has 0 atom stereocenters. The second kappa shape index (κ2) is 10.5. The van der Waals surface area contributed by atoms with E-state index >= 15 is 0 Å². The van der Waals surface area contributed by atoms with Crippen LogP contribution in [0, 0.1) is 11.3 Å². The van der Waals surface area contributed by atoms with Crippen LogP contribution in [-0.2, 0) is 17.9 Å². The fourth-order valence-electron chi connectivity index (χ4n) is 2.73. The average molecular weight is 402 g/mol. The zero-order valence-corrected chi connectivity index (χ0v) is 16.6. The Morgan fingerprint density at radius 1 is 1.10 bits per heavy atom. The second-order valence-corrected chi connectivity index (χ2v) is 6.35. The number of benzene rings is 2. The van der Waals surface area contributed by atoms with Gasteiger partial charge < -0.3 is 19.2 Å². The van der Waals surface area contributed by atoms with Crippen LogP contribution in [0.4, 0.5) is 0 Å². The summed E-state index contributed by atoms with van der Waals surface area (Å²) in [5.74, 6) is 1.28. The molecular formula is C24H22N2O4. The van der Waals surface area contributed by atoms with E-state index in [1.807, 2.05) is 43.3 Å². The molecule has 0 unspecified atom stereocenters. The molecule has 0 aliphatic rings. The molecule has 0 spiro atoms. The Labute approximate surface area is 175 Å². The third-order valence-electron chi connectivity index (χ3n) is 4.18. The second-order valence-electron chi connectivity index (χ2n) is 6.35. The van der Waals surface area contributed by atoms with Crippen molar-refractivity contribution in [1.29, 1.82) is 5.26 Å². The van der Waals surface area contributed by atoms with E-state index in [1.54, 1.807) is 30.3 Å². The fraction of sp³-hybridized carbons (Fsp3) is 0.167. The number of hydrogen-bond acceptors (Lipinski definition) is 5. The van der Waals surface area contributed by atoms with Crippen molar-refractivity contribution >= 4 is 12.0 Å².